The SMILES string of the molecule is CCOC(=O)C1C(=O)N(Cc2ccccc2)CCN1Cc1ccccc1.c1ccc(CNCCNCc2ccccc2)cc1. The number of nitrogens with one attached hydrogen (secondary N) is 2. The third kappa shape index (κ3) is 10.8. The maximum Gasteiger partial charge on any atom is 0.333 e. The molecule has 5 rings (SSSR count). The lowest BCUT2D eigenvalue weighted by atomic mass is 10.1. The first-order valence-electron chi connectivity index (χ1n) is 15.4. The van der Waals surface area contributed by atoms with Crippen LogP contribution in [0.5, 0.6) is 0 Å². The summed E-state index contributed by atoms with van der Waals surface area (Å²) in [6, 6.07) is 39.8. The van der Waals surface area contributed by atoms with Crippen molar-refractivity contribution in [3.05, 3.63) is 144 Å². The highest BCUT2D eigenvalue weighted by Crippen LogP contribution is 2.19. The van der Waals surface area contributed by atoms with Gasteiger partial charge in [0.15, 0.2) is 6.04 Å². The summed E-state index contributed by atoms with van der Waals surface area (Å²) in [5.41, 5.74) is 4.80. The van der Waals surface area contributed by atoms with Crippen LogP contribution in [0.2, 0.25) is 0 Å². The zero-order valence-electron chi connectivity index (χ0n) is 25.6. The van der Waals surface area contributed by atoms with Crippen LogP contribution in [0.3, 0.4) is 0 Å². The molecule has 0 aliphatic carbocycles. The molecule has 1 fully saturated rings. The second-order valence-corrected chi connectivity index (χ2v) is 10.7. The molecule has 1 aliphatic rings. The molecule has 1 amide bonds. The number of rotatable bonds is 13. The zero-order valence-corrected chi connectivity index (χ0v) is 25.6. The van der Waals surface area contributed by atoms with Gasteiger partial charge in [0.1, 0.15) is 0 Å². The summed E-state index contributed by atoms with van der Waals surface area (Å²) < 4.78 is 5.19. The van der Waals surface area contributed by atoms with E-state index in [4.69, 9.17) is 4.74 Å². The molecule has 4 aromatic rings. The van der Waals surface area contributed by atoms with Gasteiger partial charge in [0.05, 0.1) is 6.61 Å². The number of benzene rings is 4. The first kappa shape index (κ1) is 32.6. The second kappa shape index (κ2) is 18.4. The third-order valence-electron chi connectivity index (χ3n) is 7.34. The summed E-state index contributed by atoms with van der Waals surface area (Å²) in [7, 11) is 0. The van der Waals surface area contributed by atoms with Gasteiger partial charge in [0, 0.05) is 52.4 Å². The van der Waals surface area contributed by atoms with Crippen molar-refractivity contribution in [3.8, 4) is 0 Å². The predicted molar refractivity (Wildman–Crippen MR) is 175 cm³/mol. The molecule has 1 unspecified atom stereocenters. The van der Waals surface area contributed by atoms with Gasteiger partial charge in [-0.2, -0.15) is 0 Å². The Bertz CT molecular complexity index is 1330. The van der Waals surface area contributed by atoms with Crippen LogP contribution >= 0.6 is 0 Å². The van der Waals surface area contributed by atoms with Crippen molar-refractivity contribution in [3.63, 3.8) is 0 Å². The van der Waals surface area contributed by atoms with Crippen LogP contribution in [-0.2, 0) is 40.5 Å². The molecule has 0 aromatic heterocycles. The monoisotopic (exact) mass is 592 g/mol. The molecule has 4 aromatic carbocycles. The van der Waals surface area contributed by atoms with Crippen LogP contribution in [0.25, 0.3) is 0 Å². The van der Waals surface area contributed by atoms with Crippen molar-refractivity contribution in [2.75, 3.05) is 32.8 Å². The number of carbonyl (C=O) groups is 2. The van der Waals surface area contributed by atoms with Crippen LogP contribution in [0.1, 0.15) is 29.2 Å². The summed E-state index contributed by atoms with van der Waals surface area (Å²) in [5.74, 6) is -0.652. The Morgan fingerprint density at radius 3 is 1.55 bits per heavy atom. The van der Waals surface area contributed by atoms with E-state index in [0.717, 1.165) is 37.3 Å². The van der Waals surface area contributed by atoms with Gasteiger partial charge in [-0.05, 0) is 29.2 Å². The smallest absolute Gasteiger partial charge is 0.333 e. The molecule has 0 radical (unpaired) electrons. The molecule has 7 heteroatoms. The minimum atomic E-state index is -0.882. The first-order chi connectivity index (χ1) is 21.6. The average Bonchev–Trinajstić information content (AvgIpc) is 3.06. The van der Waals surface area contributed by atoms with Crippen LogP contribution < -0.4 is 10.6 Å². The van der Waals surface area contributed by atoms with Crippen molar-refractivity contribution >= 4 is 11.9 Å². The molecule has 44 heavy (non-hydrogen) atoms. The Morgan fingerprint density at radius 1 is 0.659 bits per heavy atom. The number of esters is 1. The first-order valence-corrected chi connectivity index (χ1v) is 15.4. The second-order valence-electron chi connectivity index (χ2n) is 10.7. The number of hydrogen-bond acceptors (Lipinski definition) is 6. The number of hydrogen-bond donors (Lipinski definition) is 2. The lowest BCUT2D eigenvalue weighted by Crippen LogP contribution is -2.59. The van der Waals surface area contributed by atoms with Gasteiger partial charge in [0.25, 0.3) is 5.91 Å². The third-order valence-corrected chi connectivity index (χ3v) is 7.34. The highest BCUT2D eigenvalue weighted by Gasteiger charge is 2.40. The standard InChI is InChI=1S/C21H24N2O3.C16H20N2/c1-2-26-21(25)19-20(24)23(16-18-11-7-4-8-12-18)14-13-22(19)15-17-9-5-3-6-10-17;1-3-7-15(8-4-1)13-17-11-12-18-14-16-9-5-2-6-10-16/h3-12,19H,2,13-16H2,1H3;1-10,17-18H,11-14H2. The number of piperazine rings is 1. The lowest BCUT2D eigenvalue weighted by Gasteiger charge is -2.39. The van der Waals surface area contributed by atoms with Crippen molar-refractivity contribution in [1.29, 1.82) is 0 Å². The minimum Gasteiger partial charge on any atom is -0.464 e. The van der Waals surface area contributed by atoms with Gasteiger partial charge in [-0.15, -0.1) is 0 Å². The molecule has 1 saturated heterocycles. The van der Waals surface area contributed by atoms with Crippen LogP contribution in [-0.4, -0.2) is 60.5 Å². The molecule has 7 nitrogen and oxygen atoms in total. The number of ether oxygens (including phenoxy) is 1. The Hall–Kier alpha value is -4.30. The van der Waals surface area contributed by atoms with E-state index in [1.807, 2.05) is 77.7 Å². The highest BCUT2D eigenvalue weighted by molar-refractivity contribution is 6.02. The van der Waals surface area contributed by atoms with E-state index in [9.17, 15) is 9.59 Å². The Balaban J connectivity index is 0.000000215. The lowest BCUT2D eigenvalue weighted by molar-refractivity contribution is -0.161. The fourth-order valence-electron chi connectivity index (χ4n) is 5.07. The molecule has 1 aliphatic heterocycles. The van der Waals surface area contributed by atoms with Gasteiger partial charge in [-0.25, -0.2) is 4.79 Å². The quantitative estimate of drug-likeness (QED) is 0.129. The van der Waals surface area contributed by atoms with Gasteiger partial charge in [0.2, 0.25) is 0 Å². The van der Waals surface area contributed by atoms with E-state index in [2.05, 4.69) is 59.2 Å². The number of amides is 1. The molecule has 2 N–H and O–H groups in total. The normalized spacial score (nSPS) is 14.9. The van der Waals surface area contributed by atoms with Crippen molar-refractivity contribution in [2.45, 2.75) is 39.1 Å². The summed E-state index contributed by atoms with van der Waals surface area (Å²) in [4.78, 5) is 29.2. The molecule has 0 saturated carbocycles. The molecule has 0 bridgehead atoms. The van der Waals surface area contributed by atoms with Crippen molar-refractivity contribution in [2.24, 2.45) is 0 Å². The van der Waals surface area contributed by atoms with Gasteiger partial charge >= 0.3 is 5.97 Å². The summed E-state index contributed by atoms with van der Waals surface area (Å²) in [5, 5.41) is 6.85. The van der Waals surface area contributed by atoms with Crippen molar-refractivity contribution in [1.82, 2.24) is 20.4 Å². The Morgan fingerprint density at radius 2 is 1.09 bits per heavy atom. The van der Waals surface area contributed by atoms with E-state index in [1.165, 1.54) is 11.1 Å². The average molecular weight is 593 g/mol. The fraction of sp³-hybridized carbons (Fsp3) is 0.297. The van der Waals surface area contributed by atoms with E-state index in [0.29, 0.717) is 26.2 Å². The topological polar surface area (TPSA) is 73.9 Å². The maximum atomic E-state index is 13.0. The summed E-state index contributed by atoms with van der Waals surface area (Å²) >= 11 is 0. The predicted octanol–water partition coefficient (Wildman–Crippen LogP) is 5.03. The van der Waals surface area contributed by atoms with Gasteiger partial charge in [-0.1, -0.05) is 121 Å². The Labute approximate surface area is 261 Å². The van der Waals surface area contributed by atoms with Crippen LogP contribution in [0.4, 0.5) is 0 Å². The Kier molecular flexibility index (Phi) is 13.6. The van der Waals surface area contributed by atoms with Gasteiger partial charge < -0.3 is 20.3 Å². The number of nitrogens with zero attached hydrogens (tertiary/aromatic N) is 2. The maximum absolute atomic E-state index is 13.0. The fourth-order valence-corrected chi connectivity index (χ4v) is 5.07. The van der Waals surface area contributed by atoms with E-state index in [1.54, 1.807) is 11.8 Å². The minimum absolute atomic E-state index is 0.186. The zero-order chi connectivity index (χ0) is 30.8. The number of carbonyl (C=O) groups excluding carboxylic acids is 2. The molecule has 0 spiro atoms. The van der Waals surface area contributed by atoms with Gasteiger partial charge in [-0.3, -0.25) is 9.69 Å². The molecule has 1 heterocycles. The van der Waals surface area contributed by atoms with Crippen LogP contribution in [0.15, 0.2) is 121 Å². The molecular formula is C37H44N4O3. The highest BCUT2D eigenvalue weighted by atomic mass is 16.5. The summed E-state index contributed by atoms with van der Waals surface area (Å²) in [6.07, 6.45) is 0. The molecule has 1 atom stereocenters. The van der Waals surface area contributed by atoms with Crippen LogP contribution in [0, 0.1) is 0 Å². The van der Waals surface area contributed by atoms with E-state index in [-0.39, 0.29) is 12.5 Å². The van der Waals surface area contributed by atoms with E-state index < -0.39 is 12.0 Å². The van der Waals surface area contributed by atoms with Crippen molar-refractivity contribution < 1.29 is 14.3 Å². The molecule has 230 valence electrons. The molecular weight excluding hydrogens is 548 g/mol. The van der Waals surface area contributed by atoms with E-state index >= 15 is 0 Å². The summed E-state index contributed by atoms with van der Waals surface area (Å²) in [6.45, 7) is 8.16. The largest absolute Gasteiger partial charge is 0.464 e.